The Balaban J connectivity index is 2.56. The van der Waals surface area contributed by atoms with Crippen molar-refractivity contribution < 1.29 is 19.8 Å². The topological polar surface area (TPSA) is 113 Å². The molecule has 0 aliphatic carbocycles. The standard InChI is InChI=1S/C16H24N2O4/c1-11(2)14(17)16(22,15(20)21)18-13(19)10-6-9-12-7-4-3-5-8-12/h3-5,7-8,11,14,22H,6,9-10,17H2,1-2H3,(H,18,19)(H,20,21)/t14-,16-/m0/s1. The van der Waals surface area contributed by atoms with Crippen molar-refractivity contribution in [1.82, 2.24) is 5.32 Å². The van der Waals surface area contributed by atoms with Crippen molar-refractivity contribution in [2.45, 2.75) is 44.9 Å². The molecule has 1 amide bonds. The van der Waals surface area contributed by atoms with Crippen molar-refractivity contribution in [2.75, 3.05) is 0 Å². The molecule has 0 aliphatic heterocycles. The summed E-state index contributed by atoms with van der Waals surface area (Å²) in [5.74, 6) is -2.38. The number of nitrogens with two attached hydrogens (primary N) is 1. The molecule has 1 aromatic rings. The molecule has 5 N–H and O–H groups in total. The van der Waals surface area contributed by atoms with Gasteiger partial charge in [0.15, 0.2) is 0 Å². The third-order valence-electron chi connectivity index (χ3n) is 3.57. The summed E-state index contributed by atoms with van der Waals surface area (Å²) in [6, 6.07) is 8.57. The molecule has 0 aromatic heterocycles. The predicted octanol–water partition coefficient (Wildman–Crippen LogP) is 0.882. The maximum absolute atomic E-state index is 11.9. The molecule has 0 saturated carbocycles. The van der Waals surface area contributed by atoms with Crippen LogP contribution in [0.4, 0.5) is 0 Å². The quantitative estimate of drug-likeness (QED) is 0.533. The number of carboxylic acids is 1. The highest BCUT2D eigenvalue weighted by Gasteiger charge is 2.45. The molecule has 0 bridgehead atoms. The van der Waals surface area contributed by atoms with Crippen molar-refractivity contribution in [3.8, 4) is 0 Å². The van der Waals surface area contributed by atoms with Gasteiger partial charge < -0.3 is 21.3 Å². The summed E-state index contributed by atoms with van der Waals surface area (Å²) in [6.45, 7) is 3.36. The molecule has 0 spiro atoms. The van der Waals surface area contributed by atoms with Crippen LogP contribution in [0.5, 0.6) is 0 Å². The van der Waals surface area contributed by atoms with Gasteiger partial charge in [0.1, 0.15) is 0 Å². The number of nitrogens with one attached hydrogen (secondary N) is 1. The van der Waals surface area contributed by atoms with Crippen molar-refractivity contribution >= 4 is 11.9 Å². The molecule has 0 saturated heterocycles. The van der Waals surface area contributed by atoms with Crippen LogP contribution in [-0.2, 0) is 16.0 Å². The van der Waals surface area contributed by atoms with Gasteiger partial charge in [0.2, 0.25) is 5.91 Å². The number of hydrogen-bond donors (Lipinski definition) is 4. The molecule has 6 heteroatoms. The SMILES string of the molecule is CC(C)[C@H](N)[C@@](O)(NC(=O)CCCc1ccccc1)C(=O)O. The smallest absolute Gasteiger partial charge is 0.358 e. The van der Waals surface area contributed by atoms with Crippen molar-refractivity contribution in [3.63, 3.8) is 0 Å². The molecular weight excluding hydrogens is 284 g/mol. The fraction of sp³-hybridized carbons (Fsp3) is 0.500. The Morgan fingerprint density at radius 2 is 1.86 bits per heavy atom. The minimum atomic E-state index is -2.45. The molecule has 0 heterocycles. The van der Waals surface area contributed by atoms with Crippen LogP contribution in [0.25, 0.3) is 0 Å². The zero-order valence-electron chi connectivity index (χ0n) is 13.0. The van der Waals surface area contributed by atoms with E-state index in [9.17, 15) is 14.7 Å². The number of carboxylic acid groups (broad SMARTS) is 1. The maximum atomic E-state index is 11.9. The summed E-state index contributed by atoms with van der Waals surface area (Å²) in [4.78, 5) is 23.1. The number of aliphatic hydroxyl groups is 1. The lowest BCUT2D eigenvalue weighted by molar-refractivity contribution is -0.170. The van der Waals surface area contributed by atoms with Crippen LogP contribution in [-0.4, -0.2) is 33.9 Å². The van der Waals surface area contributed by atoms with E-state index in [1.165, 1.54) is 0 Å². The lowest BCUT2D eigenvalue weighted by Gasteiger charge is -2.32. The Bertz CT molecular complexity index is 504. The van der Waals surface area contributed by atoms with Gasteiger partial charge in [-0.05, 0) is 24.3 Å². The van der Waals surface area contributed by atoms with E-state index in [4.69, 9.17) is 10.8 Å². The molecular formula is C16H24N2O4. The first-order chi connectivity index (χ1) is 10.3. The fourth-order valence-corrected chi connectivity index (χ4v) is 2.13. The monoisotopic (exact) mass is 308 g/mol. The van der Waals surface area contributed by atoms with E-state index in [-0.39, 0.29) is 12.3 Å². The van der Waals surface area contributed by atoms with Gasteiger partial charge in [-0.2, -0.15) is 0 Å². The van der Waals surface area contributed by atoms with E-state index in [1.807, 2.05) is 30.3 Å². The van der Waals surface area contributed by atoms with Gasteiger partial charge in [-0.15, -0.1) is 0 Å². The highest BCUT2D eigenvalue weighted by atomic mass is 16.4. The van der Waals surface area contributed by atoms with Gasteiger partial charge in [0, 0.05) is 6.42 Å². The number of carbonyl (C=O) groups excluding carboxylic acids is 1. The zero-order chi connectivity index (χ0) is 16.8. The van der Waals surface area contributed by atoms with Gasteiger partial charge in [0.05, 0.1) is 6.04 Å². The Morgan fingerprint density at radius 1 is 1.27 bits per heavy atom. The minimum absolute atomic E-state index is 0.120. The van der Waals surface area contributed by atoms with E-state index in [0.717, 1.165) is 5.56 Å². The summed E-state index contributed by atoms with van der Waals surface area (Å²) in [6.07, 6.45) is 1.38. The number of carbonyl (C=O) groups is 2. The van der Waals surface area contributed by atoms with Crippen molar-refractivity contribution in [2.24, 2.45) is 11.7 Å². The minimum Gasteiger partial charge on any atom is -0.478 e. The summed E-state index contributed by atoms with van der Waals surface area (Å²) in [7, 11) is 0. The highest BCUT2D eigenvalue weighted by molar-refractivity contribution is 5.86. The fourth-order valence-electron chi connectivity index (χ4n) is 2.13. The molecule has 1 aromatic carbocycles. The number of rotatable bonds is 8. The van der Waals surface area contributed by atoms with E-state index in [1.54, 1.807) is 13.8 Å². The molecule has 0 radical (unpaired) electrons. The van der Waals surface area contributed by atoms with E-state index < -0.39 is 23.6 Å². The largest absolute Gasteiger partial charge is 0.478 e. The maximum Gasteiger partial charge on any atom is 0.358 e. The van der Waals surface area contributed by atoms with Crippen molar-refractivity contribution in [3.05, 3.63) is 35.9 Å². The average Bonchev–Trinajstić information content (AvgIpc) is 2.47. The molecule has 2 atom stereocenters. The normalized spacial score (nSPS) is 15.1. The van der Waals surface area contributed by atoms with Gasteiger partial charge in [-0.25, -0.2) is 4.79 Å². The molecule has 122 valence electrons. The third-order valence-corrected chi connectivity index (χ3v) is 3.57. The van der Waals surface area contributed by atoms with Crippen LogP contribution < -0.4 is 11.1 Å². The third kappa shape index (κ3) is 4.82. The van der Waals surface area contributed by atoms with Crippen LogP contribution in [0.1, 0.15) is 32.3 Å². The van der Waals surface area contributed by atoms with Gasteiger partial charge in [-0.3, -0.25) is 4.79 Å². The molecule has 1 rings (SSSR count). The highest BCUT2D eigenvalue weighted by Crippen LogP contribution is 2.14. The van der Waals surface area contributed by atoms with Crippen LogP contribution in [0, 0.1) is 5.92 Å². The summed E-state index contributed by atoms with van der Waals surface area (Å²) >= 11 is 0. The van der Waals surface area contributed by atoms with Gasteiger partial charge in [0.25, 0.3) is 5.72 Å². The number of aryl methyl sites for hydroxylation is 1. The summed E-state index contributed by atoms with van der Waals surface area (Å²) in [5.41, 5.74) is 4.37. The number of hydrogen-bond acceptors (Lipinski definition) is 4. The predicted molar refractivity (Wildman–Crippen MR) is 82.9 cm³/mol. The lowest BCUT2D eigenvalue weighted by Crippen LogP contribution is -2.66. The number of amides is 1. The Kier molecular flexibility index (Phi) is 6.52. The molecule has 22 heavy (non-hydrogen) atoms. The van der Waals surface area contributed by atoms with E-state index in [2.05, 4.69) is 5.32 Å². The first kappa shape index (κ1) is 18.1. The zero-order valence-corrected chi connectivity index (χ0v) is 13.0. The van der Waals surface area contributed by atoms with E-state index in [0.29, 0.717) is 12.8 Å². The van der Waals surface area contributed by atoms with E-state index >= 15 is 0 Å². The number of benzene rings is 1. The summed E-state index contributed by atoms with van der Waals surface area (Å²) < 4.78 is 0. The van der Waals surface area contributed by atoms with Crippen LogP contribution in [0.2, 0.25) is 0 Å². The second-order valence-electron chi connectivity index (χ2n) is 5.73. The van der Waals surface area contributed by atoms with Gasteiger partial charge in [-0.1, -0.05) is 44.2 Å². The molecule has 0 aliphatic rings. The number of aliphatic carboxylic acids is 1. The van der Waals surface area contributed by atoms with Crippen LogP contribution in [0.15, 0.2) is 30.3 Å². The average molecular weight is 308 g/mol. The first-order valence-corrected chi connectivity index (χ1v) is 7.33. The molecule has 0 fully saturated rings. The van der Waals surface area contributed by atoms with Crippen molar-refractivity contribution in [1.29, 1.82) is 0 Å². The Morgan fingerprint density at radius 3 is 2.36 bits per heavy atom. The van der Waals surface area contributed by atoms with Crippen LogP contribution >= 0.6 is 0 Å². The second kappa shape index (κ2) is 7.91. The summed E-state index contributed by atoms with van der Waals surface area (Å²) in [5, 5.41) is 21.5. The molecule has 6 nitrogen and oxygen atoms in total. The lowest BCUT2D eigenvalue weighted by atomic mass is 9.93. The molecule has 0 unspecified atom stereocenters. The van der Waals surface area contributed by atoms with Gasteiger partial charge >= 0.3 is 5.97 Å². The van der Waals surface area contributed by atoms with Crippen LogP contribution in [0.3, 0.4) is 0 Å². The Hall–Kier alpha value is -1.92. The Labute approximate surface area is 130 Å². The first-order valence-electron chi connectivity index (χ1n) is 7.33. The second-order valence-corrected chi connectivity index (χ2v) is 5.73.